The highest BCUT2D eigenvalue weighted by atomic mass is 127. The first-order valence-electron chi connectivity index (χ1n) is 13.9. The second kappa shape index (κ2) is 12.1. The number of nitrogens with zero attached hydrogens (tertiary/aromatic N) is 3. The second-order valence-corrected chi connectivity index (χ2v) is 13.9. The number of halogens is 2. The maximum atomic E-state index is 14.1. The van der Waals surface area contributed by atoms with Crippen LogP contribution in [0.5, 0.6) is 5.75 Å². The Balaban J connectivity index is 1.26. The number of hydrogen-bond donors (Lipinski definition) is 0. The molecule has 0 saturated heterocycles. The lowest BCUT2D eigenvalue weighted by atomic mass is 9.83. The molecule has 2 aliphatic rings. The molecule has 0 radical (unpaired) electrons. The quantitative estimate of drug-likeness (QED) is 0.105. The Kier molecular flexibility index (Phi) is 7.97. The molecule has 0 fully saturated rings. The van der Waals surface area contributed by atoms with Crippen molar-refractivity contribution in [3.05, 3.63) is 161 Å². The van der Waals surface area contributed by atoms with E-state index < -0.39 is 4.92 Å². The van der Waals surface area contributed by atoms with Gasteiger partial charge in [-0.1, -0.05) is 65.9 Å². The van der Waals surface area contributed by atoms with Crippen LogP contribution in [0.3, 0.4) is 0 Å². The summed E-state index contributed by atoms with van der Waals surface area (Å²) >= 11 is 5.91. The minimum Gasteiger partial charge on any atom is -0.487 e. The van der Waals surface area contributed by atoms with E-state index in [4.69, 9.17) is 9.73 Å². The highest BCUT2D eigenvalue weighted by Crippen LogP contribution is 2.41. The molecule has 0 saturated carbocycles. The summed E-state index contributed by atoms with van der Waals surface area (Å²) in [5.74, 6) is 0.735. The van der Waals surface area contributed by atoms with Crippen molar-refractivity contribution < 1.29 is 9.66 Å². The van der Waals surface area contributed by atoms with E-state index in [1.165, 1.54) is 34.6 Å². The van der Waals surface area contributed by atoms with Crippen LogP contribution in [0.4, 0.5) is 5.69 Å². The summed E-state index contributed by atoms with van der Waals surface area (Å²) in [6.07, 6.45) is 3.72. The van der Waals surface area contributed by atoms with Gasteiger partial charge in [-0.15, -0.1) is 0 Å². The zero-order valence-corrected chi connectivity index (χ0v) is 28.2. The molecule has 218 valence electrons. The topological polar surface area (TPSA) is 86.7 Å². The van der Waals surface area contributed by atoms with Crippen LogP contribution in [0, 0.1) is 17.3 Å². The van der Waals surface area contributed by atoms with Gasteiger partial charge in [0.15, 0.2) is 4.80 Å². The molecule has 7 rings (SSSR count). The van der Waals surface area contributed by atoms with E-state index in [9.17, 15) is 14.9 Å². The maximum Gasteiger partial charge on any atom is 0.271 e. The summed E-state index contributed by atoms with van der Waals surface area (Å²) in [6.45, 7) is 0.287. The fraction of sp³-hybridized carbons (Fsp3) is 0.118. The zero-order chi connectivity index (χ0) is 30.4. The monoisotopic (exact) mass is 823 g/mol. The summed E-state index contributed by atoms with van der Waals surface area (Å²) in [7, 11) is 0. The van der Waals surface area contributed by atoms with E-state index in [0.717, 1.165) is 53.7 Å². The Labute approximate surface area is 283 Å². The first-order chi connectivity index (χ1) is 21.4. The third-order valence-electron chi connectivity index (χ3n) is 7.84. The number of fused-ring (bicyclic) bond motifs is 3. The Hall–Kier alpha value is -3.62. The second-order valence-electron chi connectivity index (χ2n) is 10.6. The number of allylic oxidation sites excluding steroid dienone is 1. The largest absolute Gasteiger partial charge is 0.487 e. The van der Waals surface area contributed by atoms with Gasteiger partial charge in [-0.3, -0.25) is 19.5 Å². The highest BCUT2D eigenvalue weighted by Gasteiger charge is 2.32. The van der Waals surface area contributed by atoms with Gasteiger partial charge in [0, 0.05) is 17.7 Å². The van der Waals surface area contributed by atoms with E-state index in [1.54, 1.807) is 12.1 Å². The van der Waals surface area contributed by atoms with Crippen molar-refractivity contribution in [2.24, 2.45) is 4.99 Å². The number of nitro benzene ring substituents is 1. The van der Waals surface area contributed by atoms with Gasteiger partial charge in [0.2, 0.25) is 0 Å². The van der Waals surface area contributed by atoms with Crippen molar-refractivity contribution in [2.45, 2.75) is 25.5 Å². The predicted octanol–water partition coefficient (Wildman–Crippen LogP) is 7.02. The molecule has 0 N–H and O–H groups in total. The predicted molar refractivity (Wildman–Crippen MR) is 188 cm³/mol. The van der Waals surface area contributed by atoms with Gasteiger partial charge in [0.1, 0.15) is 12.4 Å². The van der Waals surface area contributed by atoms with Crippen LogP contribution in [0.25, 0.3) is 11.8 Å². The lowest BCUT2D eigenvalue weighted by molar-refractivity contribution is -0.384. The summed E-state index contributed by atoms with van der Waals surface area (Å²) < 4.78 is 10.4. The van der Waals surface area contributed by atoms with Crippen molar-refractivity contribution in [2.75, 3.05) is 0 Å². The first-order valence-corrected chi connectivity index (χ1v) is 16.9. The van der Waals surface area contributed by atoms with Crippen LogP contribution in [0.2, 0.25) is 0 Å². The minimum absolute atomic E-state index is 0.0449. The number of benzene rings is 4. The molecule has 1 aromatic heterocycles. The summed E-state index contributed by atoms with van der Waals surface area (Å²) in [6, 6.07) is 28.8. The molecule has 7 nitrogen and oxygen atoms in total. The molecule has 1 aliphatic heterocycles. The SMILES string of the molecule is O=c1/c(=C/c2cc(I)c(OCc3ccc([N+](=O)[O-])cc3)c(I)c2)sc2n1[C@@H](c1ccccc1)C1=C(N=2)c2ccccc2CC1. The lowest BCUT2D eigenvalue weighted by Crippen LogP contribution is -2.38. The maximum absolute atomic E-state index is 14.1. The standard InChI is InChI=1S/C34H23I2N3O4S/c35-27-16-21(17-28(36)32(27)43-19-20-10-13-24(14-11-20)39(41)42)18-29-33(40)38-31(23-7-2-1-3-8-23)26-15-12-22-6-4-5-9-25(22)30(26)37-34(38)44-29/h1-11,13-14,16-18,31H,12,15,19H2/b29-18-/t31-/m0/s1. The van der Waals surface area contributed by atoms with Crippen molar-refractivity contribution in [3.8, 4) is 5.75 Å². The average molecular weight is 823 g/mol. The highest BCUT2D eigenvalue weighted by molar-refractivity contribution is 14.1. The summed E-state index contributed by atoms with van der Waals surface area (Å²) in [4.78, 5) is 30.4. The van der Waals surface area contributed by atoms with Gasteiger partial charge in [0.25, 0.3) is 11.2 Å². The number of nitro groups is 1. The van der Waals surface area contributed by atoms with Crippen LogP contribution in [0.1, 0.15) is 40.3 Å². The third-order valence-corrected chi connectivity index (χ3v) is 10.4. The molecule has 0 spiro atoms. The number of aromatic nitrogens is 1. The normalized spacial score (nSPS) is 15.7. The van der Waals surface area contributed by atoms with E-state index in [-0.39, 0.29) is 23.9 Å². The fourth-order valence-electron chi connectivity index (χ4n) is 5.78. The molecule has 4 aromatic carbocycles. The van der Waals surface area contributed by atoms with Gasteiger partial charge in [-0.05, 0) is 116 Å². The Bertz CT molecular complexity index is 2130. The molecule has 0 amide bonds. The molecular formula is C34H23I2N3O4S. The smallest absolute Gasteiger partial charge is 0.271 e. The molecule has 10 heteroatoms. The van der Waals surface area contributed by atoms with Crippen molar-refractivity contribution in [3.63, 3.8) is 0 Å². The summed E-state index contributed by atoms with van der Waals surface area (Å²) in [5, 5.41) is 10.9. The van der Waals surface area contributed by atoms with E-state index in [1.807, 2.05) is 41.0 Å². The van der Waals surface area contributed by atoms with Crippen LogP contribution in [0.15, 0.2) is 106 Å². The van der Waals surface area contributed by atoms with Gasteiger partial charge < -0.3 is 4.74 Å². The molecule has 5 aromatic rings. The molecule has 1 aliphatic carbocycles. The van der Waals surface area contributed by atoms with Crippen LogP contribution in [-0.4, -0.2) is 9.49 Å². The van der Waals surface area contributed by atoms with Gasteiger partial charge in [-0.25, -0.2) is 4.99 Å². The molecule has 2 heterocycles. The van der Waals surface area contributed by atoms with Crippen molar-refractivity contribution in [1.29, 1.82) is 0 Å². The molecule has 0 bridgehead atoms. The lowest BCUT2D eigenvalue weighted by Gasteiger charge is -2.30. The van der Waals surface area contributed by atoms with Crippen molar-refractivity contribution >= 4 is 74.0 Å². The Morgan fingerprint density at radius 3 is 2.41 bits per heavy atom. The van der Waals surface area contributed by atoms with Crippen LogP contribution >= 0.6 is 56.5 Å². The number of hydrogen-bond acceptors (Lipinski definition) is 6. The number of thiazole rings is 1. The van der Waals surface area contributed by atoms with Crippen LogP contribution in [-0.2, 0) is 13.0 Å². The molecule has 0 unspecified atom stereocenters. The van der Waals surface area contributed by atoms with Gasteiger partial charge in [0.05, 0.1) is 28.3 Å². The van der Waals surface area contributed by atoms with E-state index in [2.05, 4.69) is 81.6 Å². The number of ether oxygens (including phenoxy) is 1. The average Bonchev–Trinajstić information content (AvgIpc) is 3.34. The Morgan fingerprint density at radius 1 is 0.977 bits per heavy atom. The number of aryl methyl sites for hydroxylation is 1. The molecule has 1 atom stereocenters. The van der Waals surface area contributed by atoms with Gasteiger partial charge >= 0.3 is 0 Å². The van der Waals surface area contributed by atoms with E-state index in [0.29, 0.717) is 9.33 Å². The fourth-order valence-corrected chi connectivity index (χ4v) is 8.91. The summed E-state index contributed by atoms with van der Waals surface area (Å²) in [5.41, 5.74) is 7.45. The first kappa shape index (κ1) is 29.1. The minimum atomic E-state index is -0.415. The number of rotatable bonds is 6. The van der Waals surface area contributed by atoms with Gasteiger partial charge in [-0.2, -0.15) is 0 Å². The Morgan fingerprint density at radius 2 is 1.68 bits per heavy atom. The number of non-ortho nitro benzene ring substituents is 1. The third kappa shape index (κ3) is 5.43. The van der Waals surface area contributed by atoms with Crippen molar-refractivity contribution in [1.82, 2.24) is 4.57 Å². The van der Waals surface area contributed by atoms with Crippen LogP contribution < -0.4 is 19.6 Å². The molecular weight excluding hydrogens is 800 g/mol. The van der Waals surface area contributed by atoms with E-state index >= 15 is 0 Å². The molecule has 44 heavy (non-hydrogen) atoms. The zero-order valence-electron chi connectivity index (χ0n) is 23.1.